The quantitative estimate of drug-likeness (QED) is 0.374. The summed E-state index contributed by atoms with van der Waals surface area (Å²) in [5.74, 6) is 1.58. The fourth-order valence-corrected chi connectivity index (χ4v) is 4.53. The number of halogens is 1. The molecule has 11 nitrogen and oxygen atoms in total. The average Bonchev–Trinajstić information content (AvgIpc) is 3.53. The molecule has 1 aromatic carbocycles. The van der Waals surface area contributed by atoms with E-state index in [0.717, 1.165) is 19.6 Å². The molecular weight excluding hydrogens is 473 g/mol. The Morgan fingerprint density at radius 3 is 2.66 bits per heavy atom. The van der Waals surface area contributed by atoms with Crippen molar-refractivity contribution in [3.63, 3.8) is 0 Å². The molecule has 184 valence electrons. The molecule has 5 rings (SSSR count). The monoisotopic (exact) mass is 499 g/mol. The minimum absolute atomic E-state index is 0.190. The van der Waals surface area contributed by atoms with Crippen molar-refractivity contribution in [1.82, 2.24) is 29.5 Å². The number of benzene rings is 1. The number of piperazine rings is 1. The van der Waals surface area contributed by atoms with Crippen molar-refractivity contribution in [2.45, 2.75) is 4.90 Å². The highest BCUT2D eigenvalue weighted by Gasteiger charge is 2.22. The van der Waals surface area contributed by atoms with Crippen LogP contribution in [0.1, 0.15) is 0 Å². The van der Waals surface area contributed by atoms with Crippen LogP contribution >= 0.6 is 0 Å². The molecule has 0 amide bonds. The van der Waals surface area contributed by atoms with Gasteiger partial charge in [0.2, 0.25) is 17.7 Å². The summed E-state index contributed by atoms with van der Waals surface area (Å²) in [5.41, 5.74) is 6.65. The molecule has 0 spiro atoms. The summed E-state index contributed by atoms with van der Waals surface area (Å²) in [6, 6.07) is 8.33. The average molecular weight is 500 g/mol. The van der Waals surface area contributed by atoms with Gasteiger partial charge in [-0.05, 0) is 35.4 Å². The summed E-state index contributed by atoms with van der Waals surface area (Å²) < 4.78 is 32.8. The molecule has 0 bridgehead atoms. The number of hydrogen-bond donors (Lipinski definition) is 1. The number of likely N-dealkylation sites (N-methyl/N-ethyl adjacent to an activating group) is 1. The van der Waals surface area contributed by atoms with E-state index >= 15 is 0 Å². The van der Waals surface area contributed by atoms with Gasteiger partial charge in [0.15, 0.2) is 16.5 Å². The summed E-state index contributed by atoms with van der Waals surface area (Å²) in [5, 5.41) is 4.31. The summed E-state index contributed by atoms with van der Waals surface area (Å²) in [4.78, 5) is 20.0. The lowest BCUT2D eigenvalue weighted by Gasteiger charge is -2.36. The topological polar surface area (TPSA) is 128 Å². The highest BCUT2D eigenvalue weighted by Crippen LogP contribution is 2.24. The number of hydrogen-bond acceptors (Lipinski definition) is 10. The summed E-state index contributed by atoms with van der Waals surface area (Å²) >= 11 is -1.20. The van der Waals surface area contributed by atoms with Crippen LogP contribution in [0.2, 0.25) is 0 Å². The summed E-state index contributed by atoms with van der Waals surface area (Å²) in [6.45, 7) is 4.49. The van der Waals surface area contributed by atoms with Gasteiger partial charge in [-0.3, -0.25) is 4.90 Å². The molecule has 1 aliphatic rings. The van der Waals surface area contributed by atoms with Crippen LogP contribution in [0, 0.1) is 5.82 Å². The van der Waals surface area contributed by atoms with Crippen LogP contribution in [-0.2, 0) is 11.2 Å². The van der Waals surface area contributed by atoms with Crippen molar-refractivity contribution < 1.29 is 13.4 Å². The first-order chi connectivity index (χ1) is 16.9. The number of nitrogens with zero attached hydrogens (tertiary/aromatic N) is 8. The van der Waals surface area contributed by atoms with Crippen LogP contribution in [-0.4, -0.2) is 86.6 Å². The van der Waals surface area contributed by atoms with Crippen molar-refractivity contribution in [3.8, 4) is 11.6 Å². The third-order valence-electron chi connectivity index (χ3n) is 6.02. The highest BCUT2D eigenvalue weighted by atomic mass is 32.2. The standard InChI is InChI=1S/C22H26FN9O2S/c1-29(21-26-20(24)32-22(27-21)25-19(28-32)18-4-3-13-34-18)7-8-30-9-11-31(12-10-30)17-6-5-15(35(2)33)14-16(17)23/h3-6,13-14H,7-12H2,1-2H3,(H2,24,25,26,27,28)/t35-/m1/s1. The lowest BCUT2D eigenvalue weighted by Crippen LogP contribution is -2.48. The van der Waals surface area contributed by atoms with Gasteiger partial charge in [0.05, 0.1) is 12.0 Å². The van der Waals surface area contributed by atoms with Crippen LogP contribution in [0.3, 0.4) is 0 Å². The minimum Gasteiger partial charge on any atom is -0.612 e. The summed E-state index contributed by atoms with van der Waals surface area (Å²) in [7, 11) is 1.90. The van der Waals surface area contributed by atoms with Gasteiger partial charge in [0, 0.05) is 52.4 Å². The van der Waals surface area contributed by atoms with E-state index < -0.39 is 11.2 Å². The summed E-state index contributed by atoms with van der Waals surface area (Å²) in [6.07, 6.45) is 3.10. The molecule has 35 heavy (non-hydrogen) atoms. The van der Waals surface area contributed by atoms with Crippen LogP contribution in [0.25, 0.3) is 17.4 Å². The number of nitrogen functional groups attached to an aromatic ring is 1. The van der Waals surface area contributed by atoms with E-state index in [1.165, 1.54) is 10.6 Å². The maximum atomic E-state index is 14.5. The van der Waals surface area contributed by atoms with Crippen molar-refractivity contribution in [2.75, 3.05) is 68.1 Å². The largest absolute Gasteiger partial charge is 0.612 e. The molecule has 0 unspecified atom stereocenters. The number of anilines is 3. The zero-order valence-electron chi connectivity index (χ0n) is 19.5. The Balaban J connectivity index is 1.18. The number of aromatic nitrogens is 5. The second-order valence-electron chi connectivity index (χ2n) is 8.32. The van der Waals surface area contributed by atoms with Gasteiger partial charge in [-0.15, -0.1) is 5.10 Å². The number of rotatable bonds is 7. The van der Waals surface area contributed by atoms with Gasteiger partial charge in [-0.25, -0.2) is 4.39 Å². The van der Waals surface area contributed by atoms with Gasteiger partial charge >= 0.3 is 0 Å². The molecule has 0 aliphatic carbocycles. The Morgan fingerprint density at radius 2 is 1.97 bits per heavy atom. The van der Waals surface area contributed by atoms with Gasteiger partial charge in [0.1, 0.15) is 6.26 Å². The second-order valence-corrected chi connectivity index (χ2v) is 9.70. The van der Waals surface area contributed by atoms with E-state index in [1.807, 2.05) is 16.8 Å². The molecule has 3 aromatic heterocycles. The lowest BCUT2D eigenvalue weighted by molar-refractivity contribution is 0.262. The van der Waals surface area contributed by atoms with Crippen LogP contribution in [0.4, 0.5) is 22.0 Å². The Bertz CT molecular complexity index is 1310. The molecule has 1 saturated heterocycles. The molecule has 1 fully saturated rings. The molecule has 0 radical (unpaired) electrons. The molecule has 2 N–H and O–H groups in total. The highest BCUT2D eigenvalue weighted by molar-refractivity contribution is 7.90. The first-order valence-corrected chi connectivity index (χ1v) is 12.7. The number of furan rings is 1. The van der Waals surface area contributed by atoms with Gasteiger partial charge in [0.25, 0.3) is 5.78 Å². The van der Waals surface area contributed by atoms with E-state index in [1.54, 1.807) is 36.8 Å². The maximum Gasteiger partial charge on any atom is 0.259 e. The molecule has 4 heterocycles. The first-order valence-electron chi connectivity index (χ1n) is 11.1. The fraction of sp³-hybridized carbons (Fsp3) is 0.364. The molecule has 1 atom stereocenters. The predicted molar refractivity (Wildman–Crippen MR) is 131 cm³/mol. The molecular formula is C22H26FN9O2S. The molecule has 1 aliphatic heterocycles. The molecule has 13 heteroatoms. The normalized spacial score (nSPS) is 15.6. The van der Waals surface area contributed by atoms with Gasteiger partial charge in [-0.2, -0.15) is 19.5 Å². The second kappa shape index (κ2) is 9.68. The Hall–Kier alpha value is -3.42. The third-order valence-corrected chi connectivity index (χ3v) is 6.94. The Labute approximate surface area is 204 Å². The Kier molecular flexibility index (Phi) is 6.45. The zero-order valence-corrected chi connectivity index (χ0v) is 20.3. The van der Waals surface area contributed by atoms with Crippen molar-refractivity contribution >= 4 is 34.5 Å². The SMILES string of the molecule is CN(CCN1CCN(c2ccc([S@@+](C)[O-])cc2F)CC1)c1nc(N)n2nc(-c3ccco3)nc2n1. The zero-order chi connectivity index (χ0) is 24.5. The third kappa shape index (κ3) is 4.88. The minimum atomic E-state index is -1.20. The van der Waals surface area contributed by atoms with Gasteiger partial charge in [-0.1, -0.05) is 0 Å². The van der Waals surface area contributed by atoms with E-state index in [0.29, 0.717) is 53.5 Å². The van der Waals surface area contributed by atoms with E-state index in [4.69, 9.17) is 10.2 Å². The predicted octanol–water partition coefficient (Wildman–Crippen LogP) is 1.50. The lowest BCUT2D eigenvalue weighted by atomic mass is 10.2. The van der Waals surface area contributed by atoms with E-state index in [-0.39, 0.29) is 11.8 Å². The molecule has 4 aromatic rings. The van der Waals surface area contributed by atoms with Crippen LogP contribution in [0.5, 0.6) is 0 Å². The van der Waals surface area contributed by atoms with Crippen molar-refractivity contribution in [1.29, 1.82) is 0 Å². The fourth-order valence-electron chi connectivity index (χ4n) is 4.00. The Morgan fingerprint density at radius 1 is 1.17 bits per heavy atom. The van der Waals surface area contributed by atoms with Crippen molar-refractivity contribution in [2.24, 2.45) is 0 Å². The van der Waals surface area contributed by atoms with Crippen molar-refractivity contribution in [3.05, 3.63) is 42.4 Å². The van der Waals surface area contributed by atoms with Crippen LogP contribution < -0.4 is 15.5 Å². The van der Waals surface area contributed by atoms with E-state index in [2.05, 4.69) is 25.0 Å². The van der Waals surface area contributed by atoms with E-state index in [9.17, 15) is 8.94 Å². The maximum absolute atomic E-state index is 14.5. The number of fused-ring (bicyclic) bond motifs is 1. The van der Waals surface area contributed by atoms with Gasteiger partial charge < -0.3 is 24.5 Å². The number of nitrogens with two attached hydrogens (primary N) is 1. The first kappa shape index (κ1) is 23.3. The van der Waals surface area contributed by atoms with Crippen LogP contribution in [0.15, 0.2) is 45.9 Å². The molecule has 0 saturated carbocycles. The smallest absolute Gasteiger partial charge is 0.259 e.